The standard InChI is InChI=1S/C26H31NO3/c1-26(12-3-2-4-13-26)24(28)15-18-6-5-7-19(14-18)20-8-9-22-17-23(25(29)27-30)11-10-21(22)16-20/h5-9,14,16,23,30H,2-4,10-13,15,17H2,1H3,(H,27,29). The van der Waals surface area contributed by atoms with Gasteiger partial charge in [-0.1, -0.05) is 68.7 Å². The molecule has 0 bridgehead atoms. The molecule has 4 nitrogen and oxygen atoms in total. The van der Waals surface area contributed by atoms with Gasteiger partial charge in [0.15, 0.2) is 0 Å². The van der Waals surface area contributed by atoms with Gasteiger partial charge in [-0.2, -0.15) is 0 Å². The molecule has 2 aromatic rings. The van der Waals surface area contributed by atoms with Crippen LogP contribution >= 0.6 is 0 Å². The first-order valence-corrected chi connectivity index (χ1v) is 11.2. The van der Waals surface area contributed by atoms with Crippen LogP contribution in [-0.2, 0) is 28.9 Å². The number of aryl methyl sites for hydroxylation is 1. The Morgan fingerprint density at radius 1 is 1.03 bits per heavy atom. The number of ketones is 1. The second kappa shape index (κ2) is 8.73. The third kappa shape index (κ3) is 4.34. The molecule has 0 aromatic heterocycles. The van der Waals surface area contributed by atoms with Crippen molar-refractivity contribution in [2.75, 3.05) is 0 Å². The van der Waals surface area contributed by atoms with E-state index in [0.717, 1.165) is 55.2 Å². The molecule has 2 aliphatic carbocycles. The number of hydroxylamine groups is 1. The number of carbonyl (C=O) groups excluding carboxylic acids is 2. The van der Waals surface area contributed by atoms with Gasteiger partial charge >= 0.3 is 0 Å². The number of fused-ring (bicyclic) bond motifs is 1. The van der Waals surface area contributed by atoms with Crippen molar-refractivity contribution < 1.29 is 14.8 Å². The summed E-state index contributed by atoms with van der Waals surface area (Å²) in [6.45, 7) is 2.14. The van der Waals surface area contributed by atoms with E-state index in [1.165, 1.54) is 17.5 Å². The fourth-order valence-corrected chi connectivity index (χ4v) is 5.12. The van der Waals surface area contributed by atoms with Crippen molar-refractivity contribution in [3.8, 4) is 11.1 Å². The van der Waals surface area contributed by atoms with Crippen LogP contribution in [0, 0.1) is 11.3 Å². The fraction of sp³-hybridized carbons (Fsp3) is 0.462. The number of carbonyl (C=O) groups is 2. The van der Waals surface area contributed by atoms with Gasteiger partial charge in [-0.25, -0.2) is 5.48 Å². The molecule has 2 aromatic carbocycles. The van der Waals surface area contributed by atoms with Crippen LogP contribution in [-0.4, -0.2) is 16.9 Å². The normalized spacial score (nSPS) is 20.3. The smallest absolute Gasteiger partial charge is 0.246 e. The van der Waals surface area contributed by atoms with Crippen LogP contribution in [0.3, 0.4) is 0 Å². The van der Waals surface area contributed by atoms with Gasteiger partial charge in [-0.15, -0.1) is 0 Å². The molecule has 0 spiro atoms. The van der Waals surface area contributed by atoms with Crippen LogP contribution in [0.1, 0.15) is 62.1 Å². The van der Waals surface area contributed by atoms with E-state index in [1.807, 2.05) is 6.07 Å². The van der Waals surface area contributed by atoms with Gasteiger partial charge in [0.1, 0.15) is 5.78 Å². The molecule has 0 saturated heterocycles. The third-order valence-electron chi connectivity index (χ3n) is 7.17. The quantitative estimate of drug-likeness (QED) is 0.541. The van der Waals surface area contributed by atoms with Crippen molar-refractivity contribution in [2.45, 2.75) is 64.7 Å². The fourth-order valence-electron chi connectivity index (χ4n) is 5.12. The largest absolute Gasteiger partial charge is 0.299 e. The number of Topliss-reactive ketones (excluding diaryl/α,β-unsaturated/α-hetero) is 1. The molecule has 4 rings (SSSR count). The topological polar surface area (TPSA) is 66.4 Å². The SMILES string of the molecule is CC1(C(=O)Cc2cccc(-c3ccc4c(c3)CCC(C(=O)NO)C4)c2)CCCCC1. The molecule has 158 valence electrons. The Labute approximate surface area is 178 Å². The number of benzene rings is 2. The molecule has 1 saturated carbocycles. The van der Waals surface area contributed by atoms with Gasteiger partial charge in [-0.3, -0.25) is 14.8 Å². The molecule has 1 fully saturated rings. The Morgan fingerprint density at radius 3 is 2.57 bits per heavy atom. The Morgan fingerprint density at radius 2 is 1.80 bits per heavy atom. The predicted molar refractivity (Wildman–Crippen MR) is 117 cm³/mol. The summed E-state index contributed by atoms with van der Waals surface area (Å²) in [6, 6.07) is 14.8. The molecule has 2 N–H and O–H groups in total. The molecular weight excluding hydrogens is 374 g/mol. The minimum atomic E-state index is -0.297. The summed E-state index contributed by atoms with van der Waals surface area (Å²) in [5.41, 5.74) is 7.44. The number of rotatable bonds is 5. The van der Waals surface area contributed by atoms with Crippen LogP contribution in [0.2, 0.25) is 0 Å². The van der Waals surface area contributed by atoms with Gasteiger partial charge in [-0.05, 0) is 59.9 Å². The monoisotopic (exact) mass is 405 g/mol. The first kappa shape index (κ1) is 20.8. The van der Waals surface area contributed by atoms with Crippen molar-refractivity contribution in [1.82, 2.24) is 5.48 Å². The number of amides is 1. The van der Waals surface area contributed by atoms with E-state index in [-0.39, 0.29) is 17.2 Å². The number of hydrogen-bond acceptors (Lipinski definition) is 3. The minimum absolute atomic E-state index is 0.155. The summed E-state index contributed by atoms with van der Waals surface area (Å²) < 4.78 is 0. The maximum atomic E-state index is 13.0. The van der Waals surface area contributed by atoms with Crippen molar-refractivity contribution in [1.29, 1.82) is 0 Å². The molecule has 1 atom stereocenters. The first-order valence-electron chi connectivity index (χ1n) is 11.2. The van der Waals surface area contributed by atoms with E-state index < -0.39 is 0 Å². The van der Waals surface area contributed by atoms with Crippen LogP contribution in [0.5, 0.6) is 0 Å². The zero-order valence-corrected chi connectivity index (χ0v) is 17.7. The van der Waals surface area contributed by atoms with Crippen molar-refractivity contribution in [3.63, 3.8) is 0 Å². The van der Waals surface area contributed by atoms with E-state index in [1.54, 1.807) is 5.48 Å². The molecule has 0 heterocycles. The van der Waals surface area contributed by atoms with Crippen LogP contribution < -0.4 is 5.48 Å². The second-order valence-electron chi connectivity index (χ2n) is 9.32. The Bertz CT molecular complexity index is 943. The lowest BCUT2D eigenvalue weighted by Crippen LogP contribution is -2.31. The number of nitrogens with one attached hydrogen (secondary N) is 1. The summed E-state index contributed by atoms with van der Waals surface area (Å²) in [4.78, 5) is 24.7. The van der Waals surface area contributed by atoms with Gasteiger partial charge in [0.2, 0.25) is 5.91 Å². The van der Waals surface area contributed by atoms with E-state index in [0.29, 0.717) is 18.6 Å². The highest BCUT2D eigenvalue weighted by molar-refractivity contribution is 5.87. The zero-order chi connectivity index (χ0) is 21.1. The second-order valence-corrected chi connectivity index (χ2v) is 9.32. The molecule has 1 amide bonds. The van der Waals surface area contributed by atoms with Crippen LogP contribution in [0.25, 0.3) is 11.1 Å². The molecular formula is C26H31NO3. The lowest BCUT2D eigenvalue weighted by Gasteiger charge is -2.32. The van der Waals surface area contributed by atoms with Crippen molar-refractivity contribution >= 4 is 11.7 Å². The van der Waals surface area contributed by atoms with Crippen LogP contribution in [0.15, 0.2) is 42.5 Å². The van der Waals surface area contributed by atoms with Crippen molar-refractivity contribution in [3.05, 3.63) is 59.2 Å². The lowest BCUT2D eigenvalue weighted by atomic mass is 9.71. The van der Waals surface area contributed by atoms with Gasteiger partial charge < -0.3 is 0 Å². The highest BCUT2D eigenvalue weighted by atomic mass is 16.5. The molecule has 30 heavy (non-hydrogen) atoms. The summed E-state index contributed by atoms with van der Waals surface area (Å²) >= 11 is 0. The van der Waals surface area contributed by atoms with Crippen molar-refractivity contribution in [2.24, 2.45) is 11.3 Å². The molecule has 0 aliphatic heterocycles. The average molecular weight is 406 g/mol. The summed E-state index contributed by atoms with van der Waals surface area (Å²) in [5.74, 6) is -0.0874. The Hall–Kier alpha value is -2.46. The molecule has 0 radical (unpaired) electrons. The highest BCUT2D eigenvalue weighted by Gasteiger charge is 2.33. The highest BCUT2D eigenvalue weighted by Crippen LogP contribution is 2.37. The van der Waals surface area contributed by atoms with E-state index in [2.05, 4.69) is 43.3 Å². The Balaban J connectivity index is 1.50. The molecule has 2 aliphatic rings. The summed E-state index contributed by atoms with van der Waals surface area (Å²) in [5, 5.41) is 8.89. The van der Waals surface area contributed by atoms with E-state index in [4.69, 9.17) is 5.21 Å². The minimum Gasteiger partial charge on any atom is -0.299 e. The summed E-state index contributed by atoms with van der Waals surface area (Å²) in [6.07, 6.45) is 8.37. The Kier molecular flexibility index (Phi) is 6.05. The van der Waals surface area contributed by atoms with Gasteiger partial charge in [0, 0.05) is 17.8 Å². The molecule has 1 unspecified atom stereocenters. The van der Waals surface area contributed by atoms with Gasteiger partial charge in [0.25, 0.3) is 0 Å². The lowest BCUT2D eigenvalue weighted by molar-refractivity contribution is -0.133. The molecule has 4 heteroatoms. The van der Waals surface area contributed by atoms with E-state index in [9.17, 15) is 9.59 Å². The van der Waals surface area contributed by atoms with Gasteiger partial charge in [0.05, 0.1) is 0 Å². The maximum Gasteiger partial charge on any atom is 0.246 e. The average Bonchev–Trinajstić information content (AvgIpc) is 2.78. The zero-order valence-electron chi connectivity index (χ0n) is 17.7. The van der Waals surface area contributed by atoms with Crippen LogP contribution in [0.4, 0.5) is 0 Å². The predicted octanol–water partition coefficient (Wildman–Crippen LogP) is 5.05. The van der Waals surface area contributed by atoms with E-state index >= 15 is 0 Å². The maximum absolute atomic E-state index is 13.0. The first-order chi connectivity index (χ1) is 14.5. The summed E-state index contributed by atoms with van der Waals surface area (Å²) in [7, 11) is 0. The number of hydrogen-bond donors (Lipinski definition) is 2. The third-order valence-corrected chi connectivity index (χ3v) is 7.17.